The fourth-order valence-electron chi connectivity index (χ4n) is 2.34. The Balaban J connectivity index is 0.00000162. The van der Waals surface area contributed by atoms with Gasteiger partial charge in [-0.1, -0.05) is 6.07 Å². The predicted octanol–water partition coefficient (Wildman–Crippen LogP) is 2.65. The lowest BCUT2D eigenvalue weighted by atomic mass is 10.0. The Morgan fingerprint density at radius 2 is 1.84 bits per heavy atom. The average molecular weight is 311 g/mol. The van der Waals surface area contributed by atoms with E-state index in [9.17, 15) is 9.50 Å². The summed E-state index contributed by atoms with van der Waals surface area (Å²) >= 11 is 0. The molecule has 0 spiro atoms. The Hall–Kier alpha value is -0.550. The summed E-state index contributed by atoms with van der Waals surface area (Å²) in [6, 6.07) is 2.96. The van der Waals surface area contributed by atoms with Gasteiger partial charge in [-0.3, -0.25) is 4.90 Å². The SMILES string of the molecule is Cc1ccc(F)c([C@H](C)N2CCNCC2)c1O.Cl.Cl. The fraction of sp³-hybridized carbons (Fsp3) is 0.538. The molecule has 1 aliphatic rings. The Bertz CT molecular complexity index is 412. The molecule has 0 amide bonds. The van der Waals surface area contributed by atoms with Crippen molar-refractivity contribution in [3.63, 3.8) is 0 Å². The van der Waals surface area contributed by atoms with Crippen molar-refractivity contribution in [3.8, 4) is 5.75 Å². The van der Waals surface area contributed by atoms with Crippen molar-refractivity contribution in [1.29, 1.82) is 0 Å². The summed E-state index contributed by atoms with van der Waals surface area (Å²) in [5, 5.41) is 13.3. The summed E-state index contributed by atoms with van der Waals surface area (Å²) in [7, 11) is 0. The third kappa shape index (κ3) is 3.96. The van der Waals surface area contributed by atoms with E-state index in [0.717, 1.165) is 31.7 Å². The highest BCUT2D eigenvalue weighted by molar-refractivity contribution is 5.85. The molecule has 3 nitrogen and oxygen atoms in total. The maximum absolute atomic E-state index is 13.8. The van der Waals surface area contributed by atoms with Crippen LogP contribution in [0.3, 0.4) is 0 Å². The monoisotopic (exact) mass is 310 g/mol. The molecule has 1 atom stereocenters. The number of phenolic OH excluding ortho intramolecular Hbond substituents is 1. The molecular formula is C13H21Cl2FN2O. The molecule has 6 heteroatoms. The van der Waals surface area contributed by atoms with Crippen LogP contribution in [0.25, 0.3) is 0 Å². The van der Waals surface area contributed by atoms with E-state index in [1.165, 1.54) is 6.07 Å². The van der Waals surface area contributed by atoms with Gasteiger partial charge in [-0.25, -0.2) is 4.39 Å². The zero-order chi connectivity index (χ0) is 12.4. The quantitative estimate of drug-likeness (QED) is 0.881. The lowest BCUT2D eigenvalue weighted by Crippen LogP contribution is -2.44. The summed E-state index contributed by atoms with van der Waals surface area (Å²) in [6.07, 6.45) is 0. The Morgan fingerprint density at radius 1 is 1.26 bits per heavy atom. The highest BCUT2D eigenvalue weighted by atomic mass is 35.5. The van der Waals surface area contributed by atoms with Crippen LogP contribution in [0.1, 0.15) is 24.1 Å². The molecule has 1 fully saturated rings. The molecule has 1 aliphatic heterocycles. The van der Waals surface area contributed by atoms with E-state index in [1.807, 2.05) is 6.92 Å². The van der Waals surface area contributed by atoms with Crippen LogP contribution < -0.4 is 5.32 Å². The summed E-state index contributed by atoms with van der Waals surface area (Å²) < 4.78 is 13.8. The maximum atomic E-state index is 13.8. The number of halogens is 3. The highest BCUT2D eigenvalue weighted by Crippen LogP contribution is 2.33. The molecule has 19 heavy (non-hydrogen) atoms. The normalized spacial score (nSPS) is 17.2. The minimum atomic E-state index is -0.320. The lowest BCUT2D eigenvalue weighted by Gasteiger charge is -2.33. The van der Waals surface area contributed by atoms with Crippen LogP contribution in [0.4, 0.5) is 4.39 Å². The number of aryl methyl sites for hydroxylation is 1. The van der Waals surface area contributed by atoms with E-state index in [0.29, 0.717) is 5.56 Å². The Morgan fingerprint density at radius 3 is 2.42 bits per heavy atom. The van der Waals surface area contributed by atoms with Crippen LogP contribution in [0, 0.1) is 12.7 Å². The molecule has 1 heterocycles. The molecule has 1 saturated heterocycles. The summed E-state index contributed by atoms with van der Waals surface area (Å²) in [5.74, 6) is -0.227. The zero-order valence-electron chi connectivity index (χ0n) is 11.1. The van der Waals surface area contributed by atoms with Crippen molar-refractivity contribution in [2.45, 2.75) is 19.9 Å². The molecule has 0 bridgehead atoms. The van der Waals surface area contributed by atoms with Crippen LogP contribution in [-0.4, -0.2) is 36.2 Å². The summed E-state index contributed by atoms with van der Waals surface area (Å²) in [4.78, 5) is 2.19. The molecule has 0 aliphatic carbocycles. The Labute approximate surface area is 126 Å². The molecule has 0 unspecified atom stereocenters. The number of aromatic hydroxyl groups is 1. The van der Waals surface area contributed by atoms with Gasteiger partial charge in [-0.05, 0) is 25.5 Å². The van der Waals surface area contributed by atoms with Crippen molar-refractivity contribution < 1.29 is 9.50 Å². The molecule has 110 valence electrons. The number of nitrogens with one attached hydrogen (secondary N) is 1. The largest absolute Gasteiger partial charge is 0.507 e. The minimum Gasteiger partial charge on any atom is -0.507 e. The zero-order valence-corrected chi connectivity index (χ0v) is 12.8. The number of phenols is 1. The number of hydrogen-bond donors (Lipinski definition) is 2. The van der Waals surface area contributed by atoms with Gasteiger partial charge in [0.1, 0.15) is 11.6 Å². The average Bonchev–Trinajstić information content (AvgIpc) is 2.35. The van der Waals surface area contributed by atoms with Crippen molar-refractivity contribution >= 4 is 24.8 Å². The van der Waals surface area contributed by atoms with Crippen molar-refractivity contribution in [2.75, 3.05) is 26.2 Å². The van der Waals surface area contributed by atoms with Crippen LogP contribution in [0.5, 0.6) is 5.75 Å². The number of nitrogens with zero attached hydrogens (tertiary/aromatic N) is 1. The third-order valence-electron chi connectivity index (χ3n) is 3.48. The molecule has 2 rings (SSSR count). The van der Waals surface area contributed by atoms with E-state index in [2.05, 4.69) is 10.2 Å². The minimum absolute atomic E-state index is 0. The van der Waals surface area contributed by atoms with Gasteiger partial charge in [0.05, 0.1) is 0 Å². The van der Waals surface area contributed by atoms with E-state index < -0.39 is 0 Å². The number of hydrogen-bond acceptors (Lipinski definition) is 3. The first kappa shape index (κ1) is 18.4. The molecule has 0 radical (unpaired) electrons. The molecular weight excluding hydrogens is 290 g/mol. The van der Waals surface area contributed by atoms with Crippen LogP contribution in [-0.2, 0) is 0 Å². The van der Waals surface area contributed by atoms with E-state index in [-0.39, 0.29) is 42.4 Å². The second-order valence-corrected chi connectivity index (χ2v) is 4.59. The number of benzene rings is 1. The maximum Gasteiger partial charge on any atom is 0.131 e. The predicted molar refractivity (Wildman–Crippen MR) is 80.2 cm³/mol. The van der Waals surface area contributed by atoms with Gasteiger partial charge in [0.15, 0.2) is 0 Å². The van der Waals surface area contributed by atoms with E-state index in [4.69, 9.17) is 0 Å². The number of rotatable bonds is 2. The van der Waals surface area contributed by atoms with Gasteiger partial charge in [0.2, 0.25) is 0 Å². The summed E-state index contributed by atoms with van der Waals surface area (Å²) in [5.41, 5.74) is 1.15. The van der Waals surface area contributed by atoms with Crippen LogP contribution in [0.2, 0.25) is 0 Å². The van der Waals surface area contributed by atoms with Crippen LogP contribution in [0.15, 0.2) is 12.1 Å². The fourth-order valence-corrected chi connectivity index (χ4v) is 2.34. The van der Waals surface area contributed by atoms with Gasteiger partial charge in [0.25, 0.3) is 0 Å². The first-order valence-electron chi connectivity index (χ1n) is 6.04. The molecule has 0 saturated carbocycles. The second kappa shape index (κ2) is 7.90. The van der Waals surface area contributed by atoms with Gasteiger partial charge >= 0.3 is 0 Å². The first-order valence-corrected chi connectivity index (χ1v) is 6.04. The topological polar surface area (TPSA) is 35.5 Å². The third-order valence-corrected chi connectivity index (χ3v) is 3.48. The van der Waals surface area contributed by atoms with E-state index in [1.54, 1.807) is 13.0 Å². The first-order chi connectivity index (χ1) is 8.11. The molecule has 2 N–H and O–H groups in total. The van der Waals surface area contributed by atoms with Gasteiger partial charge in [0, 0.05) is 37.8 Å². The van der Waals surface area contributed by atoms with Gasteiger partial charge < -0.3 is 10.4 Å². The standard InChI is InChI=1S/C13H19FN2O.2ClH/c1-9-3-4-11(14)12(13(9)17)10(2)16-7-5-15-6-8-16;;/h3-4,10,15,17H,5-8H2,1-2H3;2*1H/t10-;;/m0../s1. The lowest BCUT2D eigenvalue weighted by molar-refractivity contribution is 0.179. The number of piperazine rings is 1. The summed E-state index contributed by atoms with van der Waals surface area (Å²) in [6.45, 7) is 7.34. The second-order valence-electron chi connectivity index (χ2n) is 4.59. The van der Waals surface area contributed by atoms with Gasteiger partial charge in [-0.15, -0.1) is 24.8 Å². The molecule has 1 aromatic carbocycles. The Kier molecular flexibility index (Phi) is 7.67. The highest BCUT2D eigenvalue weighted by Gasteiger charge is 2.24. The van der Waals surface area contributed by atoms with E-state index >= 15 is 0 Å². The van der Waals surface area contributed by atoms with Crippen molar-refractivity contribution in [2.24, 2.45) is 0 Å². The van der Waals surface area contributed by atoms with Gasteiger partial charge in [-0.2, -0.15) is 0 Å². The molecule has 0 aromatic heterocycles. The smallest absolute Gasteiger partial charge is 0.131 e. The molecule has 1 aromatic rings. The van der Waals surface area contributed by atoms with Crippen molar-refractivity contribution in [1.82, 2.24) is 10.2 Å². The van der Waals surface area contributed by atoms with Crippen LogP contribution >= 0.6 is 24.8 Å². The van der Waals surface area contributed by atoms with Crippen molar-refractivity contribution in [3.05, 3.63) is 29.1 Å².